The number of carboxylic acids is 1. The summed E-state index contributed by atoms with van der Waals surface area (Å²) in [6.45, 7) is 0.694. The van der Waals surface area contributed by atoms with Crippen LogP contribution in [0.5, 0.6) is 0 Å². The van der Waals surface area contributed by atoms with E-state index in [2.05, 4.69) is 0 Å². The molecule has 0 bridgehead atoms. The maximum Gasteiger partial charge on any atom is 0.451 e. The molecule has 5 N–H and O–H groups in total. The second-order valence-electron chi connectivity index (χ2n) is 4.45. The molecule has 0 heterocycles. The van der Waals surface area contributed by atoms with Crippen LogP contribution < -0.4 is 5.73 Å². The fourth-order valence-corrected chi connectivity index (χ4v) is 1.57. The third kappa shape index (κ3) is 11.6. The number of nitrogens with zero attached hydrogens (tertiary/aromatic N) is 1. The quantitative estimate of drug-likeness (QED) is 0.302. The Labute approximate surface area is 103 Å². The van der Waals surface area contributed by atoms with E-state index in [9.17, 15) is 4.79 Å². The van der Waals surface area contributed by atoms with Crippen LogP contribution in [0.4, 0.5) is 0 Å². The van der Waals surface area contributed by atoms with Gasteiger partial charge in [-0.05, 0) is 32.8 Å². The zero-order chi connectivity index (χ0) is 13.3. The van der Waals surface area contributed by atoms with E-state index in [1.165, 1.54) is 0 Å². The van der Waals surface area contributed by atoms with Crippen molar-refractivity contribution in [1.29, 1.82) is 0 Å². The summed E-state index contributed by atoms with van der Waals surface area (Å²) in [6, 6.07) is 0.0436. The topological polar surface area (TPSA) is 107 Å². The third-order valence-corrected chi connectivity index (χ3v) is 2.57. The van der Waals surface area contributed by atoms with Crippen LogP contribution in [0, 0.1) is 0 Å². The lowest BCUT2D eigenvalue weighted by atomic mass is 9.83. The number of rotatable bonds is 10. The first-order valence-electron chi connectivity index (χ1n) is 5.94. The molecule has 0 aliphatic heterocycles. The van der Waals surface area contributed by atoms with Crippen LogP contribution in [-0.4, -0.2) is 59.3 Å². The summed E-state index contributed by atoms with van der Waals surface area (Å²) in [6.07, 6.45) is 3.57. The molecule has 0 aromatic heterocycles. The molecular weight excluding hydrogens is 223 g/mol. The fraction of sp³-hybridized carbons (Fsp3) is 0.900. The van der Waals surface area contributed by atoms with E-state index in [0.717, 1.165) is 25.7 Å². The van der Waals surface area contributed by atoms with Crippen LogP contribution in [0.25, 0.3) is 0 Å². The van der Waals surface area contributed by atoms with Crippen molar-refractivity contribution in [3.63, 3.8) is 0 Å². The number of carboxylic acid groups (broad SMARTS) is 1. The highest BCUT2D eigenvalue weighted by atomic mass is 16.4. The number of unbranched alkanes of at least 4 members (excludes halogenated alkanes) is 1. The van der Waals surface area contributed by atoms with Gasteiger partial charge in [-0.25, -0.2) is 0 Å². The van der Waals surface area contributed by atoms with E-state index >= 15 is 0 Å². The lowest BCUT2D eigenvalue weighted by molar-refractivity contribution is -0.138. The van der Waals surface area contributed by atoms with Gasteiger partial charge >= 0.3 is 13.1 Å². The average Bonchev–Trinajstić information content (AvgIpc) is 2.20. The number of hydrogen-bond donors (Lipinski definition) is 4. The van der Waals surface area contributed by atoms with Gasteiger partial charge in [-0.3, -0.25) is 9.69 Å². The molecule has 0 amide bonds. The van der Waals surface area contributed by atoms with Gasteiger partial charge in [0, 0.05) is 6.04 Å². The van der Waals surface area contributed by atoms with Gasteiger partial charge < -0.3 is 20.9 Å². The maximum atomic E-state index is 10.4. The van der Waals surface area contributed by atoms with E-state index in [1.54, 1.807) is 11.9 Å². The van der Waals surface area contributed by atoms with Gasteiger partial charge in [0.1, 0.15) is 0 Å². The number of hydrogen-bond acceptors (Lipinski definition) is 5. The first-order chi connectivity index (χ1) is 7.91. The van der Waals surface area contributed by atoms with Crippen LogP contribution >= 0.6 is 0 Å². The Morgan fingerprint density at radius 1 is 1.35 bits per heavy atom. The van der Waals surface area contributed by atoms with E-state index in [1.807, 2.05) is 0 Å². The molecule has 1 atom stereocenters. The summed E-state index contributed by atoms with van der Waals surface area (Å²) in [4.78, 5) is 12.1. The molecule has 0 saturated heterocycles. The first kappa shape index (κ1) is 16.4. The van der Waals surface area contributed by atoms with Crippen molar-refractivity contribution in [2.45, 2.75) is 38.0 Å². The molecule has 100 valence electrons. The number of nitrogens with two attached hydrogens (primary N) is 1. The van der Waals surface area contributed by atoms with E-state index in [4.69, 9.17) is 20.9 Å². The van der Waals surface area contributed by atoms with Gasteiger partial charge in [-0.1, -0.05) is 12.8 Å². The molecule has 0 aromatic carbocycles. The van der Waals surface area contributed by atoms with Crippen molar-refractivity contribution in [2.75, 3.05) is 20.1 Å². The van der Waals surface area contributed by atoms with Crippen molar-refractivity contribution in [3.8, 4) is 0 Å². The molecule has 1 unspecified atom stereocenters. The van der Waals surface area contributed by atoms with Gasteiger partial charge in [0.2, 0.25) is 0 Å². The Balaban J connectivity index is 3.45. The Bertz CT molecular complexity index is 216. The monoisotopic (exact) mass is 246 g/mol. The number of aliphatic carboxylic acids is 1. The van der Waals surface area contributed by atoms with Crippen molar-refractivity contribution < 1.29 is 19.9 Å². The van der Waals surface area contributed by atoms with E-state index in [-0.39, 0.29) is 12.6 Å². The Morgan fingerprint density at radius 2 is 2.00 bits per heavy atom. The molecular formula is C10H23BN2O4. The largest absolute Gasteiger partial charge is 0.480 e. The summed E-state index contributed by atoms with van der Waals surface area (Å²) in [7, 11) is 0.524. The van der Waals surface area contributed by atoms with Crippen LogP contribution in [0.1, 0.15) is 25.7 Å². The summed E-state index contributed by atoms with van der Waals surface area (Å²) >= 11 is 0. The minimum absolute atomic E-state index is 0.0312. The smallest absolute Gasteiger partial charge is 0.451 e. The van der Waals surface area contributed by atoms with Crippen LogP contribution in [0.15, 0.2) is 0 Å². The molecule has 0 aliphatic carbocycles. The van der Waals surface area contributed by atoms with Crippen molar-refractivity contribution in [1.82, 2.24) is 4.90 Å². The summed E-state index contributed by atoms with van der Waals surface area (Å²) < 4.78 is 0. The zero-order valence-electron chi connectivity index (χ0n) is 10.4. The molecule has 0 aliphatic rings. The Morgan fingerprint density at radius 3 is 2.53 bits per heavy atom. The summed E-state index contributed by atoms with van der Waals surface area (Å²) in [5.74, 6) is -0.835. The standard InChI is InChI=1S/C10H23BN2O4/c1-13(8-10(14)15)7-5-9(12)4-2-3-6-11(16)17/h9,16-17H,2-8,12H2,1H3,(H,14,15). The van der Waals surface area contributed by atoms with Crippen LogP contribution in [-0.2, 0) is 4.79 Å². The predicted molar refractivity (Wildman–Crippen MR) is 66.6 cm³/mol. The first-order valence-corrected chi connectivity index (χ1v) is 5.94. The normalized spacial score (nSPS) is 12.8. The van der Waals surface area contributed by atoms with Crippen molar-refractivity contribution in [2.24, 2.45) is 5.73 Å². The van der Waals surface area contributed by atoms with Gasteiger partial charge in [0.25, 0.3) is 0 Å². The maximum absolute atomic E-state index is 10.4. The highest BCUT2D eigenvalue weighted by Gasteiger charge is 2.09. The van der Waals surface area contributed by atoms with Gasteiger partial charge in [0.15, 0.2) is 0 Å². The van der Waals surface area contributed by atoms with Crippen LogP contribution in [0.2, 0.25) is 6.32 Å². The van der Waals surface area contributed by atoms with Crippen molar-refractivity contribution >= 4 is 13.1 Å². The molecule has 6 nitrogen and oxygen atoms in total. The molecule has 0 aromatic rings. The molecule has 0 rings (SSSR count). The molecule has 7 heteroatoms. The second kappa shape index (κ2) is 9.41. The summed E-state index contributed by atoms with van der Waals surface area (Å²) in [5.41, 5.74) is 5.87. The molecule has 0 saturated carbocycles. The van der Waals surface area contributed by atoms with Crippen molar-refractivity contribution in [3.05, 3.63) is 0 Å². The lowest BCUT2D eigenvalue weighted by Gasteiger charge is -2.17. The fourth-order valence-electron chi connectivity index (χ4n) is 1.57. The highest BCUT2D eigenvalue weighted by Crippen LogP contribution is 2.06. The Kier molecular flexibility index (Phi) is 9.06. The van der Waals surface area contributed by atoms with Gasteiger partial charge in [-0.2, -0.15) is 0 Å². The Hall–Kier alpha value is -0.625. The number of carbonyl (C=O) groups is 1. The lowest BCUT2D eigenvalue weighted by Crippen LogP contribution is -2.31. The molecule has 0 radical (unpaired) electrons. The molecule has 0 fully saturated rings. The van der Waals surface area contributed by atoms with Gasteiger partial charge in [0.05, 0.1) is 6.54 Å². The van der Waals surface area contributed by atoms with Crippen LogP contribution in [0.3, 0.4) is 0 Å². The van der Waals surface area contributed by atoms with E-state index < -0.39 is 13.1 Å². The second-order valence-corrected chi connectivity index (χ2v) is 4.45. The third-order valence-electron chi connectivity index (χ3n) is 2.57. The minimum Gasteiger partial charge on any atom is -0.480 e. The van der Waals surface area contributed by atoms with E-state index in [0.29, 0.717) is 12.9 Å². The SMILES string of the molecule is CN(CCC(N)CCCCB(O)O)CC(=O)O. The number of likely N-dealkylation sites (N-methyl/N-ethyl adjacent to an activating group) is 1. The summed E-state index contributed by atoms with van der Waals surface area (Å²) in [5, 5.41) is 25.8. The van der Waals surface area contributed by atoms with Gasteiger partial charge in [-0.15, -0.1) is 0 Å². The highest BCUT2D eigenvalue weighted by molar-refractivity contribution is 6.40. The minimum atomic E-state index is -1.23. The average molecular weight is 246 g/mol. The zero-order valence-corrected chi connectivity index (χ0v) is 10.4. The molecule has 0 spiro atoms. The molecule has 17 heavy (non-hydrogen) atoms. The predicted octanol–water partition coefficient (Wildman–Crippen LogP) is -0.637.